The van der Waals surface area contributed by atoms with Crippen LogP contribution in [0.3, 0.4) is 0 Å². The van der Waals surface area contributed by atoms with Crippen molar-refractivity contribution in [2.45, 2.75) is 25.8 Å². The van der Waals surface area contributed by atoms with E-state index in [1.807, 2.05) is 7.05 Å². The Hall–Kier alpha value is -1.01. The predicted octanol–water partition coefficient (Wildman–Crippen LogP) is 1.34. The zero-order valence-corrected chi connectivity index (χ0v) is 9.08. The molecule has 1 N–H and O–H groups in total. The average molecular weight is 193 g/mol. The molecule has 0 aromatic carbocycles. The third-order valence-corrected chi connectivity index (χ3v) is 3.06. The molecule has 14 heavy (non-hydrogen) atoms. The molecule has 0 spiro atoms. The lowest BCUT2D eigenvalue weighted by Gasteiger charge is -2.38. The van der Waals surface area contributed by atoms with Crippen molar-refractivity contribution in [2.24, 2.45) is 5.92 Å². The molecule has 0 aliphatic carbocycles. The van der Waals surface area contributed by atoms with Gasteiger partial charge in [0.25, 0.3) is 0 Å². The van der Waals surface area contributed by atoms with Crippen LogP contribution in [0.2, 0.25) is 0 Å². The first-order valence-electron chi connectivity index (χ1n) is 5.16. The van der Waals surface area contributed by atoms with Gasteiger partial charge in [-0.2, -0.15) is 5.26 Å². The van der Waals surface area contributed by atoms with Gasteiger partial charge in [-0.3, -0.25) is 0 Å². The Morgan fingerprint density at radius 1 is 1.71 bits per heavy atom. The number of hydrogen-bond acceptors (Lipinski definition) is 3. The molecule has 0 aromatic heterocycles. The van der Waals surface area contributed by atoms with Gasteiger partial charge >= 0.3 is 0 Å². The molecule has 0 radical (unpaired) electrons. The van der Waals surface area contributed by atoms with Gasteiger partial charge in [-0.1, -0.05) is 13.5 Å². The first-order valence-corrected chi connectivity index (χ1v) is 5.16. The summed E-state index contributed by atoms with van der Waals surface area (Å²) in [6.45, 7) is 8.23. The molecule has 3 nitrogen and oxygen atoms in total. The van der Waals surface area contributed by atoms with E-state index in [9.17, 15) is 0 Å². The van der Waals surface area contributed by atoms with Gasteiger partial charge < -0.3 is 10.2 Å². The summed E-state index contributed by atoms with van der Waals surface area (Å²) in [5, 5.41) is 11.9. The van der Waals surface area contributed by atoms with Crippen LogP contribution >= 0.6 is 0 Å². The highest BCUT2D eigenvalue weighted by molar-refractivity contribution is 5.04. The predicted molar refractivity (Wildman–Crippen MR) is 57.6 cm³/mol. The second-order valence-corrected chi connectivity index (χ2v) is 4.01. The van der Waals surface area contributed by atoms with Gasteiger partial charge in [0, 0.05) is 24.8 Å². The fourth-order valence-electron chi connectivity index (χ4n) is 1.94. The van der Waals surface area contributed by atoms with Crippen molar-refractivity contribution < 1.29 is 0 Å². The quantitative estimate of drug-likeness (QED) is 0.735. The lowest BCUT2D eigenvalue weighted by atomic mass is 9.93. The van der Waals surface area contributed by atoms with Gasteiger partial charge in [-0.25, -0.2) is 0 Å². The van der Waals surface area contributed by atoms with Gasteiger partial charge in [0.15, 0.2) is 0 Å². The summed E-state index contributed by atoms with van der Waals surface area (Å²) in [4.78, 5) is 2.23. The molecule has 1 saturated heterocycles. The first-order chi connectivity index (χ1) is 6.69. The molecule has 1 fully saturated rings. The molecule has 1 heterocycles. The molecule has 0 bridgehead atoms. The number of nitrogens with zero attached hydrogens (tertiary/aromatic N) is 2. The topological polar surface area (TPSA) is 39.1 Å². The maximum atomic E-state index is 8.59. The van der Waals surface area contributed by atoms with Crippen LogP contribution in [0.4, 0.5) is 0 Å². The minimum atomic E-state index is 0.449. The second kappa shape index (κ2) is 5.02. The Morgan fingerprint density at radius 3 is 3.00 bits per heavy atom. The van der Waals surface area contributed by atoms with E-state index in [1.165, 1.54) is 6.42 Å². The van der Waals surface area contributed by atoms with Crippen LogP contribution in [0.15, 0.2) is 12.3 Å². The summed E-state index contributed by atoms with van der Waals surface area (Å²) >= 11 is 0. The number of nitrogens with one attached hydrogen (secondary N) is 1. The van der Waals surface area contributed by atoms with E-state index >= 15 is 0 Å². The summed E-state index contributed by atoms with van der Waals surface area (Å²) in [6, 6.07) is 2.67. The van der Waals surface area contributed by atoms with Crippen molar-refractivity contribution in [3.8, 4) is 6.07 Å². The minimum Gasteiger partial charge on any atom is -0.373 e. The standard InChI is InChI=1S/C11H19N3/c1-9-5-7-14(8-11(9)13-3)10(2)4-6-12/h9,11,13H,2,4-5,7-8H2,1,3H3/t9-,11+/m1/s1. The zero-order chi connectivity index (χ0) is 10.6. The van der Waals surface area contributed by atoms with Crippen LogP contribution in [0.5, 0.6) is 0 Å². The van der Waals surface area contributed by atoms with E-state index < -0.39 is 0 Å². The van der Waals surface area contributed by atoms with Gasteiger partial charge in [-0.15, -0.1) is 0 Å². The molecule has 2 atom stereocenters. The number of nitriles is 1. The summed E-state index contributed by atoms with van der Waals surface area (Å²) in [7, 11) is 2.00. The number of likely N-dealkylation sites (tertiary alicyclic amines) is 1. The van der Waals surface area contributed by atoms with Crippen molar-refractivity contribution in [1.29, 1.82) is 5.26 Å². The number of hydrogen-bond donors (Lipinski definition) is 1. The van der Waals surface area contributed by atoms with E-state index in [0.717, 1.165) is 18.8 Å². The summed E-state index contributed by atoms with van der Waals surface area (Å²) in [5.41, 5.74) is 0.958. The van der Waals surface area contributed by atoms with Crippen LogP contribution in [0.1, 0.15) is 19.8 Å². The Morgan fingerprint density at radius 2 is 2.43 bits per heavy atom. The van der Waals surface area contributed by atoms with Gasteiger partial charge in [0.2, 0.25) is 0 Å². The van der Waals surface area contributed by atoms with E-state index in [-0.39, 0.29) is 0 Å². The molecular formula is C11H19N3. The van der Waals surface area contributed by atoms with Crippen LogP contribution in [-0.2, 0) is 0 Å². The Balaban J connectivity index is 2.50. The molecule has 0 saturated carbocycles. The van der Waals surface area contributed by atoms with Crippen molar-refractivity contribution in [3.05, 3.63) is 12.3 Å². The zero-order valence-electron chi connectivity index (χ0n) is 9.08. The summed E-state index contributed by atoms with van der Waals surface area (Å²) < 4.78 is 0. The Kier molecular flexibility index (Phi) is 3.97. The largest absolute Gasteiger partial charge is 0.373 e. The smallest absolute Gasteiger partial charge is 0.0745 e. The SMILES string of the molecule is C=C(CC#N)N1CC[C@@H](C)[C@@H](NC)C1. The number of piperidine rings is 1. The molecule has 1 aliphatic heterocycles. The van der Waals surface area contributed by atoms with Gasteiger partial charge in [0.05, 0.1) is 12.5 Å². The van der Waals surface area contributed by atoms with E-state index in [2.05, 4.69) is 29.8 Å². The average Bonchev–Trinajstić information content (AvgIpc) is 2.19. The maximum absolute atomic E-state index is 8.59. The second-order valence-electron chi connectivity index (χ2n) is 4.01. The van der Waals surface area contributed by atoms with Crippen LogP contribution in [0.25, 0.3) is 0 Å². The molecule has 1 rings (SSSR count). The molecule has 1 aliphatic rings. The van der Waals surface area contributed by atoms with Gasteiger partial charge in [-0.05, 0) is 19.4 Å². The third kappa shape index (κ3) is 2.49. The first kappa shape index (κ1) is 11.1. The van der Waals surface area contributed by atoms with Crippen LogP contribution in [-0.4, -0.2) is 31.1 Å². The van der Waals surface area contributed by atoms with E-state index in [0.29, 0.717) is 18.4 Å². The summed E-state index contributed by atoms with van der Waals surface area (Å²) in [6.07, 6.45) is 1.63. The number of allylic oxidation sites excluding steroid dienone is 1. The van der Waals surface area contributed by atoms with Crippen molar-refractivity contribution in [1.82, 2.24) is 10.2 Å². The summed E-state index contributed by atoms with van der Waals surface area (Å²) in [5.74, 6) is 0.714. The molecule has 78 valence electrons. The molecule has 3 heteroatoms. The highest BCUT2D eigenvalue weighted by Gasteiger charge is 2.25. The Bertz CT molecular complexity index is 241. The van der Waals surface area contributed by atoms with Crippen molar-refractivity contribution in [2.75, 3.05) is 20.1 Å². The van der Waals surface area contributed by atoms with Crippen molar-refractivity contribution in [3.63, 3.8) is 0 Å². The van der Waals surface area contributed by atoms with E-state index in [4.69, 9.17) is 5.26 Å². The normalized spacial score (nSPS) is 27.1. The van der Waals surface area contributed by atoms with Gasteiger partial charge in [0.1, 0.15) is 0 Å². The molecule has 0 unspecified atom stereocenters. The van der Waals surface area contributed by atoms with Crippen LogP contribution < -0.4 is 5.32 Å². The third-order valence-electron chi connectivity index (χ3n) is 3.06. The fraction of sp³-hybridized carbons (Fsp3) is 0.727. The monoisotopic (exact) mass is 193 g/mol. The number of rotatable bonds is 3. The molecule has 0 amide bonds. The minimum absolute atomic E-state index is 0.449. The number of likely N-dealkylation sites (N-methyl/N-ethyl adjacent to an activating group) is 1. The highest BCUT2D eigenvalue weighted by atomic mass is 15.2. The fourth-order valence-corrected chi connectivity index (χ4v) is 1.94. The molecule has 0 aromatic rings. The Labute approximate surface area is 86.4 Å². The highest BCUT2D eigenvalue weighted by Crippen LogP contribution is 2.20. The molecular weight excluding hydrogens is 174 g/mol. The van der Waals surface area contributed by atoms with E-state index in [1.54, 1.807) is 0 Å². The van der Waals surface area contributed by atoms with Crippen molar-refractivity contribution >= 4 is 0 Å². The van der Waals surface area contributed by atoms with Crippen LogP contribution in [0, 0.1) is 17.2 Å². The maximum Gasteiger partial charge on any atom is 0.0745 e. The lowest BCUT2D eigenvalue weighted by Crippen LogP contribution is -2.48. The lowest BCUT2D eigenvalue weighted by molar-refractivity contribution is 0.187.